The number of rotatable bonds is 11. The highest BCUT2D eigenvalue weighted by molar-refractivity contribution is 6.01. The van der Waals surface area contributed by atoms with E-state index in [4.69, 9.17) is 23.7 Å². The first-order chi connectivity index (χ1) is 15.4. The molecule has 0 aromatic heterocycles. The Morgan fingerprint density at radius 2 is 1.12 bits per heavy atom. The summed E-state index contributed by atoms with van der Waals surface area (Å²) < 4.78 is 25.7. The van der Waals surface area contributed by atoms with Gasteiger partial charge in [-0.25, -0.2) is 0 Å². The topological polar surface area (TPSA) is 149 Å². The largest absolute Gasteiger partial charge is 0.462 e. The molecular formula is C22H26O11. The molecule has 4 atom stereocenters. The Morgan fingerprint density at radius 3 is 1.58 bits per heavy atom. The fraction of sp³-hybridized carbons (Fsp3) is 0.455. The van der Waals surface area contributed by atoms with Gasteiger partial charge in [0.2, 0.25) is 11.9 Å². The van der Waals surface area contributed by atoms with E-state index in [2.05, 4.69) is 0 Å². The van der Waals surface area contributed by atoms with Gasteiger partial charge in [0, 0.05) is 40.2 Å². The fourth-order valence-corrected chi connectivity index (χ4v) is 2.86. The summed E-state index contributed by atoms with van der Waals surface area (Å²) in [6.07, 6.45) is -6.70. The van der Waals surface area contributed by atoms with E-state index in [9.17, 15) is 28.8 Å². The number of carbonyl (C=O) groups excluding carboxylic acids is 6. The molecule has 1 aromatic carbocycles. The number of esters is 5. The number of ether oxygens (including phenoxy) is 5. The fourth-order valence-electron chi connectivity index (χ4n) is 2.86. The maximum absolute atomic E-state index is 13.2. The average Bonchev–Trinajstić information content (AvgIpc) is 2.71. The van der Waals surface area contributed by atoms with Crippen LogP contribution < -0.4 is 0 Å². The van der Waals surface area contributed by atoms with Gasteiger partial charge in [-0.3, -0.25) is 28.8 Å². The van der Waals surface area contributed by atoms with Crippen molar-refractivity contribution in [2.24, 2.45) is 0 Å². The number of benzene rings is 1. The summed E-state index contributed by atoms with van der Waals surface area (Å²) in [5, 5.41) is 0. The summed E-state index contributed by atoms with van der Waals surface area (Å²) in [5.74, 6) is -5.07. The van der Waals surface area contributed by atoms with Gasteiger partial charge < -0.3 is 23.7 Å². The third kappa shape index (κ3) is 9.50. The van der Waals surface area contributed by atoms with Crippen LogP contribution in [-0.2, 0) is 47.7 Å². The molecule has 0 N–H and O–H groups in total. The predicted octanol–water partition coefficient (Wildman–Crippen LogP) is 1.16. The van der Waals surface area contributed by atoms with Crippen LogP contribution in [0.1, 0.15) is 45.0 Å². The van der Waals surface area contributed by atoms with Crippen LogP contribution in [0.4, 0.5) is 0 Å². The molecule has 0 saturated carbocycles. The van der Waals surface area contributed by atoms with Gasteiger partial charge in [0.1, 0.15) is 6.61 Å². The molecule has 1 rings (SSSR count). The van der Waals surface area contributed by atoms with E-state index in [1.54, 1.807) is 18.2 Å². The van der Waals surface area contributed by atoms with Gasteiger partial charge in [-0.2, -0.15) is 0 Å². The first-order valence-electron chi connectivity index (χ1n) is 9.83. The van der Waals surface area contributed by atoms with E-state index in [0.29, 0.717) is 0 Å². The second-order valence-corrected chi connectivity index (χ2v) is 6.86. The van der Waals surface area contributed by atoms with Crippen molar-refractivity contribution in [1.29, 1.82) is 0 Å². The van der Waals surface area contributed by atoms with E-state index >= 15 is 0 Å². The highest BCUT2D eigenvalue weighted by Gasteiger charge is 2.46. The normalized spacial score (nSPS) is 14.0. The smallest absolute Gasteiger partial charge is 0.303 e. The van der Waals surface area contributed by atoms with Crippen molar-refractivity contribution in [2.45, 2.75) is 59.0 Å². The zero-order chi connectivity index (χ0) is 25.1. The lowest BCUT2D eigenvalue weighted by Crippen LogP contribution is -2.55. The lowest BCUT2D eigenvalue weighted by Gasteiger charge is -2.34. The molecule has 0 aliphatic carbocycles. The van der Waals surface area contributed by atoms with Crippen molar-refractivity contribution in [2.75, 3.05) is 6.61 Å². The first kappa shape index (κ1) is 27.3. The van der Waals surface area contributed by atoms with Crippen LogP contribution in [-0.4, -0.2) is 66.7 Å². The minimum Gasteiger partial charge on any atom is -0.462 e. The lowest BCUT2D eigenvalue weighted by atomic mass is 9.95. The van der Waals surface area contributed by atoms with Gasteiger partial charge in [-0.15, -0.1) is 0 Å². The number of Topliss-reactive ketones (excluding diaryl/α,β-unsaturated/α-hetero) is 1. The summed E-state index contributed by atoms with van der Waals surface area (Å²) in [7, 11) is 0. The van der Waals surface area contributed by atoms with Crippen LogP contribution >= 0.6 is 0 Å². The first-order valence-corrected chi connectivity index (χ1v) is 9.83. The van der Waals surface area contributed by atoms with Gasteiger partial charge in [0.15, 0.2) is 18.3 Å². The molecule has 0 aliphatic rings. The van der Waals surface area contributed by atoms with Crippen molar-refractivity contribution in [3.63, 3.8) is 0 Å². The highest BCUT2D eigenvalue weighted by Crippen LogP contribution is 2.23. The minimum atomic E-state index is -1.78. The number of ketones is 1. The summed E-state index contributed by atoms with van der Waals surface area (Å²) in [5.41, 5.74) is 0.103. The van der Waals surface area contributed by atoms with Crippen molar-refractivity contribution in [1.82, 2.24) is 0 Å². The zero-order valence-electron chi connectivity index (χ0n) is 18.9. The molecule has 0 unspecified atom stereocenters. The molecule has 0 spiro atoms. The number of hydrogen-bond acceptors (Lipinski definition) is 11. The molecule has 33 heavy (non-hydrogen) atoms. The molecule has 0 saturated heterocycles. The van der Waals surface area contributed by atoms with Gasteiger partial charge in [-0.05, 0) is 0 Å². The van der Waals surface area contributed by atoms with Gasteiger partial charge >= 0.3 is 29.8 Å². The van der Waals surface area contributed by atoms with Crippen molar-refractivity contribution in [3.05, 3.63) is 35.9 Å². The molecule has 0 aliphatic heterocycles. The molecule has 0 heterocycles. The molecule has 0 radical (unpaired) electrons. The Bertz CT molecular complexity index is 878. The molecule has 11 nitrogen and oxygen atoms in total. The Morgan fingerprint density at radius 1 is 0.636 bits per heavy atom. The van der Waals surface area contributed by atoms with Crippen LogP contribution in [0.2, 0.25) is 0 Å². The second kappa shape index (κ2) is 12.9. The van der Waals surface area contributed by atoms with E-state index in [1.807, 2.05) is 0 Å². The van der Waals surface area contributed by atoms with Crippen LogP contribution in [0.15, 0.2) is 30.3 Å². The molecule has 0 bridgehead atoms. The summed E-state index contributed by atoms with van der Waals surface area (Å²) in [6.45, 7) is 4.61. The summed E-state index contributed by atoms with van der Waals surface area (Å²) >= 11 is 0. The van der Waals surface area contributed by atoms with E-state index < -0.39 is 66.7 Å². The summed E-state index contributed by atoms with van der Waals surface area (Å²) in [4.78, 5) is 71.8. The molecule has 0 fully saturated rings. The third-order valence-corrected chi connectivity index (χ3v) is 3.97. The van der Waals surface area contributed by atoms with Crippen LogP contribution in [0, 0.1) is 0 Å². The Kier molecular flexibility index (Phi) is 10.7. The zero-order valence-corrected chi connectivity index (χ0v) is 18.9. The Balaban J connectivity index is 3.58. The quantitative estimate of drug-likeness (QED) is 0.263. The molecule has 1 aromatic rings. The van der Waals surface area contributed by atoms with E-state index in [0.717, 1.165) is 34.6 Å². The van der Waals surface area contributed by atoms with E-state index in [-0.39, 0.29) is 5.56 Å². The molecule has 11 heteroatoms. The minimum absolute atomic E-state index is 0.103. The maximum Gasteiger partial charge on any atom is 0.303 e. The van der Waals surface area contributed by atoms with Crippen LogP contribution in [0.3, 0.4) is 0 Å². The molecular weight excluding hydrogens is 440 g/mol. The van der Waals surface area contributed by atoms with Gasteiger partial charge in [-0.1, -0.05) is 30.3 Å². The maximum atomic E-state index is 13.2. The summed E-state index contributed by atoms with van der Waals surface area (Å²) in [6, 6.07) is 7.65. The standard InChI is InChI=1S/C22H26O11/c1-12(23)29-11-18(30-13(2)24)20(31-14(3)25)22(33-16(5)27)21(32-15(4)26)19(28)17-9-7-6-8-10-17/h6-10,18,20-22H,11H2,1-5H3/t18-,20-,21+,22+/m1/s1. The Hall–Kier alpha value is -3.76. The SMILES string of the molecule is CC(=O)OC[C@@H](OC(C)=O)[C@@H](OC(C)=O)[C@H](OC(C)=O)[C@@H](OC(C)=O)C(=O)c1ccccc1. The van der Waals surface area contributed by atoms with Gasteiger partial charge in [0.05, 0.1) is 0 Å². The lowest BCUT2D eigenvalue weighted by molar-refractivity contribution is -0.199. The van der Waals surface area contributed by atoms with Crippen molar-refractivity contribution >= 4 is 35.6 Å². The van der Waals surface area contributed by atoms with Crippen LogP contribution in [0.5, 0.6) is 0 Å². The molecule has 0 amide bonds. The average molecular weight is 466 g/mol. The third-order valence-electron chi connectivity index (χ3n) is 3.97. The Labute approximate surface area is 190 Å². The monoisotopic (exact) mass is 466 g/mol. The number of carbonyl (C=O) groups is 6. The van der Waals surface area contributed by atoms with Crippen molar-refractivity contribution in [3.8, 4) is 0 Å². The molecule has 180 valence electrons. The van der Waals surface area contributed by atoms with Crippen molar-refractivity contribution < 1.29 is 52.5 Å². The van der Waals surface area contributed by atoms with E-state index in [1.165, 1.54) is 12.1 Å². The second-order valence-electron chi connectivity index (χ2n) is 6.86. The van der Waals surface area contributed by atoms with Gasteiger partial charge in [0.25, 0.3) is 0 Å². The van der Waals surface area contributed by atoms with Crippen LogP contribution in [0.25, 0.3) is 0 Å². The predicted molar refractivity (Wildman–Crippen MR) is 110 cm³/mol. The number of hydrogen-bond donors (Lipinski definition) is 0. The highest BCUT2D eigenvalue weighted by atomic mass is 16.6.